The summed E-state index contributed by atoms with van der Waals surface area (Å²) in [5.74, 6) is 1.64. The molecule has 148 valence electrons. The van der Waals surface area contributed by atoms with E-state index in [4.69, 9.17) is 19.9 Å². The molecule has 0 aliphatic heterocycles. The number of nitrogen functional groups attached to an aromatic ring is 1. The number of hydrogen-bond donors (Lipinski definition) is 1. The number of aromatic nitrogens is 1. The Hall–Kier alpha value is -3.72. The average molecular weight is 389 g/mol. The molecule has 1 aromatic heterocycles. The molecule has 0 saturated carbocycles. The van der Waals surface area contributed by atoms with E-state index in [2.05, 4.69) is 17.1 Å². The van der Waals surface area contributed by atoms with Crippen molar-refractivity contribution in [3.05, 3.63) is 53.1 Å². The third-order valence-electron chi connectivity index (χ3n) is 4.79. The molecular formula is C23H23N3O3. The normalized spacial score (nSPS) is 10.3. The van der Waals surface area contributed by atoms with Gasteiger partial charge >= 0.3 is 0 Å². The average Bonchev–Trinajstić information content (AvgIpc) is 2.71. The third-order valence-corrected chi connectivity index (χ3v) is 4.79. The molecule has 0 amide bonds. The predicted octanol–water partition coefficient (Wildman–Crippen LogP) is 4.51. The van der Waals surface area contributed by atoms with Crippen molar-refractivity contribution >= 4 is 5.82 Å². The fourth-order valence-corrected chi connectivity index (χ4v) is 3.39. The SMILES string of the molecule is COc1cc(-c2cc(-c3ccc(C)cc3C)nc(N)c2C#N)cc(OC)c1OC. The number of nitriles is 1. The molecule has 0 fully saturated rings. The van der Waals surface area contributed by atoms with E-state index in [-0.39, 0.29) is 5.82 Å². The number of benzene rings is 2. The summed E-state index contributed by atoms with van der Waals surface area (Å²) >= 11 is 0. The number of rotatable bonds is 5. The van der Waals surface area contributed by atoms with E-state index in [0.717, 1.165) is 22.3 Å². The van der Waals surface area contributed by atoms with Gasteiger partial charge in [0.2, 0.25) is 5.75 Å². The topological polar surface area (TPSA) is 90.4 Å². The smallest absolute Gasteiger partial charge is 0.203 e. The predicted molar refractivity (Wildman–Crippen MR) is 113 cm³/mol. The minimum absolute atomic E-state index is 0.175. The number of ether oxygens (including phenoxy) is 3. The molecule has 2 N–H and O–H groups in total. The zero-order valence-electron chi connectivity index (χ0n) is 17.2. The highest BCUT2D eigenvalue weighted by Gasteiger charge is 2.19. The molecule has 0 saturated heterocycles. The van der Waals surface area contributed by atoms with Crippen molar-refractivity contribution < 1.29 is 14.2 Å². The molecular weight excluding hydrogens is 366 g/mol. The van der Waals surface area contributed by atoms with E-state index in [9.17, 15) is 5.26 Å². The maximum absolute atomic E-state index is 9.71. The van der Waals surface area contributed by atoms with Gasteiger partial charge in [-0.1, -0.05) is 23.8 Å². The summed E-state index contributed by atoms with van der Waals surface area (Å²) in [7, 11) is 4.64. The molecule has 0 unspecified atom stereocenters. The Balaban J connectivity index is 2.29. The second-order valence-electron chi connectivity index (χ2n) is 6.66. The van der Waals surface area contributed by atoms with Gasteiger partial charge in [-0.05, 0) is 43.2 Å². The molecule has 6 nitrogen and oxygen atoms in total. The highest BCUT2D eigenvalue weighted by atomic mass is 16.5. The molecule has 0 spiro atoms. The lowest BCUT2D eigenvalue weighted by atomic mass is 9.96. The minimum Gasteiger partial charge on any atom is -0.493 e. The van der Waals surface area contributed by atoms with Gasteiger partial charge < -0.3 is 19.9 Å². The van der Waals surface area contributed by atoms with Crippen LogP contribution in [0.25, 0.3) is 22.4 Å². The summed E-state index contributed by atoms with van der Waals surface area (Å²) in [6.45, 7) is 4.07. The van der Waals surface area contributed by atoms with Crippen molar-refractivity contribution in [3.63, 3.8) is 0 Å². The van der Waals surface area contributed by atoms with Crippen LogP contribution in [0.5, 0.6) is 17.2 Å². The van der Waals surface area contributed by atoms with Crippen LogP contribution in [0.2, 0.25) is 0 Å². The number of hydrogen-bond acceptors (Lipinski definition) is 6. The highest BCUT2D eigenvalue weighted by molar-refractivity contribution is 5.83. The van der Waals surface area contributed by atoms with Crippen molar-refractivity contribution in [2.45, 2.75) is 13.8 Å². The fourth-order valence-electron chi connectivity index (χ4n) is 3.39. The van der Waals surface area contributed by atoms with Crippen molar-refractivity contribution in [3.8, 4) is 45.7 Å². The largest absolute Gasteiger partial charge is 0.493 e. The highest BCUT2D eigenvalue weighted by Crippen LogP contribution is 2.43. The van der Waals surface area contributed by atoms with Gasteiger partial charge in [0, 0.05) is 11.1 Å². The number of pyridine rings is 1. The quantitative estimate of drug-likeness (QED) is 0.690. The van der Waals surface area contributed by atoms with Crippen LogP contribution in [0.15, 0.2) is 36.4 Å². The van der Waals surface area contributed by atoms with Crippen molar-refractivity contribution in [1.29, 1.82) is 5.26 Å². The molecule has 3 rings (SSSR count). The number of aryl methyl sites for hydroxylation is 2. The Morgan fingerprint density at radius 2 is 1.55 bits per heavy atom. The van der Waals surface area contributed by atoms with Crippen LogP contribution in [0.3, 0.4) is 0 Å². The van der Waals surface area contributed by atoms with Crippen molar-refractivity contribution in [2.75, 3.05) is 27.1 Å². The lowest BCUT2D eigenvalue weighted by Crippen LogP contribution is -2.01. The van der Waals surface area contributed by atoms with Crippen LogP contribution >= 0.6 is 0 Å². The maximum atomic E-state index is 9.71. The van der Waals surface area contributed by atoms with Crippen LogP contribution in [0.1, 0.15) is 16.7 Å². The summed E-state index contributed by atoms with van der Waals surface area (Å²) in [5, 5.41) is 9.71. The monoisotopic (exact) mass is 389 g/mol. The number of methoxy groups -OCH3 is 3. The first-order chi connectivity index (χ1) is 13.9. The summed E-state index contributed by atoms with van der Waals surface area (Å²) in [5.41, 5.74) is 11.7. The van der Waals surface area contributed by atoms with Gasteiger partial charge in [0.25, 0.3) is 0 Å². The zero-order valence-corrected chi connectivity index (χ0v) is 17.2. The van der Waals surface area contributed by atoms with E-state index in [1.165, 1.54) is 0 Å². The fraction of sp³-hybridized carbons (Fsp3) is 0.217. The van der Waals surface area contributed by atoms with E-state index < -0.39 is 0 Å². The lowest BCUT2D eigenvalue weighted by Gasteiger charge is -2.16. The Bertz CT molecular complexity index is 1090. The molecule has 2 aromatic carbocycles. The molecule has 1 heterocycles. The van der Waals surface area contributed by atoms with Crippen LogP contribution < -0.4 is 19.9 Å². The first kappa shape index (κ1) is 20.0. The summed E-state index contributed by atoms with van der Waals surface area (Å²) in [4.78, 5) is 4.48. The number of nitrogens with zero attached hydrogens (tertiary/aromatic N) is 2. The summed E-state index contributed by atoms with van der Waals surface area (Å²) in [6.07, 6.45) is 0. The molecule has 3 aromatic rings. The summed E-state index contributed by atoms with van der Waals surface area (Å²) in [6, 6.07) is 13.7. The van der Waals surface area contributed by atoms with Gasteiger partial charge in [-0.25, -0.2) is 4.98 Å². The first-order valence-electron chi connectivity index (χ1n) is 9.02. The lowest BCUT2D eigenvalue weighted by molar-refractivity contribution is 0.324. The zero-order chi connectivity index (χ0) is 21.1. The Kier molecular flexibility index (Phi) is 5.60. The Morgan fingerprint density at radius 3 is 2.07 bits per heavy atom. The second kappa shape index (κ2) is 8.11. The minimum atomic E-state index is 0.175. The van der Waals surface area contributed by atoms with Crippen LogP contribution in [-0.2, 0) is 0 Å². The molecule has 29 heavy (non-hydrogen) atoms. The van der Waals surface area contributed by atoms with Crippen LogP contribution in [0.4, 0.5) is 5.82 Å². The number of anilines is 1. The third kappa shape index (κ3) is 3.67. The Labute approximate surface area is 170 Å². The second-order valence-corrected chi connectivity index (χ2v) is 6.66. The van der Waals surface area contributed by atoms with Gasteiger partial charge in [0.1, 0.15) is 17.5 Å². The van der Waals surface area contributed by atoms with Gasteiger partial charge in [0.15, 0.2) is 11.5 Å². The van der Waals surface area contributed by atoms with Gasteiger partial charge in [-0.15, -0.1) is 0 Å². The van der Waals surface area contributed by atoms with E-state index >= 15 is 0 Å². The standard InChI is InChI=1S/C23H23N3O3/c1-13-6-7-16(14(2)8-13)19-11-17(18(12-24)23(25)26-19)15-9-20(27-3)22(29-5)21(10-15)28-4/h6-11H,1-5H3,(H2,25,26). The molecule has 0 radical (unpaired) electrons. The van der Waals surface area contributed by atoms with E-state index in [0.29, 0.717) is 34.1 Å². The molecule has 0 atom stereocenters. The van der Waals surface area contributed by atoms with Gasteiger partial charge in [-0.2, -0.15) is 5.26 Å². The number of nitrogens with two attached hydrogens (primary N) is 1. The van der Waals surface area contributed by atoms with Crippen LogP contribution in [0, 0.1) is 25.2 Å². The molecule has 6 heteroatoms. The van der Waals surface area contributed by atoms with E-state index in [1.807, 2.05) is 32.0 Å². The Morgan fingerprint density at radius 1 is 0.897 bits per heavy atom. The maximum Gasteiger partial charge on any atom is 0.203 e. The molecule has 0 aliphatic carbocycles. The van der Waals surface area contributed by atoms with Crippen molar-refractivity contribution in [1.82, 2.24) is 4.98 Å². The molecule has 0 bridgehead atoms. The van der Waals surface area contributed by atoms with Gasteiger partial charge in [-0.3, -0.25) is 0 Å². The first-order valence-corrected chi connectivity index (χ1v) is 9.02. The van der Waals surface area contributed by atoms with E-state index in [1.54, 1.807) is 33.5 Å². The summed E-state index contributed by atoms with van der Waals surface area (Å²) < 4.78 is 16.3. The van der Waals surface area contributed by atoms with Gasteiger partial charge in [0.05, 0.1) is 27.0 Å². The van der Waals surface area contributed by atoms with Crippen LogP contribution in [-0.4, -0.2) is 26.3 Å². The molecule has 0 aliphatic rings. The van der Waals surface area contributed by atoms with Crippen molar-refractivity contribution in [2.24, 2.45) is 0 Å².